The number of nitrogens with one attached hydrogen (secondary N) is 1. The zero-order valence-electron chi connectivity index (χ0n) is 16.8. The summed E-state index contributed by atoms with van der Waals surface area (Å²) in [5, 5.41) is 3.67. The molecule has 29 heavy (non-hydrogen) atoms. The molecule has 6 heteroatoms. The molecule has 0 fully saturated rings. The van der Waals surface area contributed by atoms with Crippen LogP contribution in [0.4, 0.5) is 4.79 Å². The maximum absolute atomic E-state index is 12.7. The number of methoxy groups -OCH3 is 1. The fraction of sp³-hybridized carbons (Fsp3) is 0.217. The normalized spacial score (nSPS) is 12.3. The fourth-order valence-corrected chi connectivity index (χ4v) is 3.98. The lowest BCUT2D eigenvalue weighted by molar-refractivity contribution is -0.136. The van der Waals surface area contributed by atoms with E-state index in [1.54, 1.807) is 20.8 Å². The number of ether oxygens (including phenoxy) is 2. The standard InChI is InChI=1S/C23H23NO4S/c1-23(2,3)28-22(26)24-20(21(25)27-4)19(15-10-6-5-7-11-15)18-14-16-12-8-9-13-17(16)29-18/h5-14H,1-4H3,(H,24,26)/b20-19-. The average Bonchev–Trinajstić information content (AvgIpc) is 3.10. The number of thiophene rings is 1. The smallest absolute Gasteiger partial charge is 0.412 e. The van der Waals surface area contributed by atoms with E-state index in [1.165, 1.54) is 18.4 Å². The van der Waals surface area contributed by atoms with Gasteiger partial charge >= 0.3 is 12.1 Å². The maximum atomic E-state index is 12.7. The van der Waals surface area contributed by atoms with Gasteiger partial charge in [-0.1, -0.05) is 48.5 Å². The molecule has 0 spiro atoms. The minimum atomic E-state index is -0.715. The summed E-state index contributed by atoms with van der Waals surface area (Å²) in [5.74, 6) is -0.646. The Balaban J connectivity index is 2.19. The summed E-state index contributed by atoms with van der Waals surface area (Å²) in [5.41, 5.74) is 0.718. The molecule has 5 nitrogen and oxygen atoms in total. The van der Waals surface area contributed by atoms with Crippen LogP contribution in [-0.4, -0.2) is 24.8 Å². The van der Waals surface area contributed by atoms with Crippen LogP contribution in [0.1, 0.15) is 31.2 Å². The first-order valence-electron chi connectivity index (χ1n) is 9.15. The minimum Gasteiger partial charge on any atom is -0.464 e. The highest BCUT2D eigenvalue weighted by molar-refractivity contribution is 7.20. The first-order chi connectivity index (χ1) is 13.8. The summed E-state index contributed by atoms with van der Waals surface area (Å²) >= 11 is 1.54. The highest BCUT2D eigenvalue weighted by Gasteiger charge is 2.25. The molecule has 0 saturated heterocycles. The third-order valence-corrected chi connectivity index (χ3v) is 5.13. The van der Waals surface area contributed by atoms with Gasteiger partial charge in [0, 0.05) is 15.2 Å². The van der Waals surface area contributed by atoms with Crippen molar-refractivity contribution in [3.8, 4) is 0 Å². The van der Waals surface area contributed by atoms with Crippen molar-refractivity contribution < 1.29 is 19.1 Å². The van der Waals surface area contributed by atoms with E-state index in [0.717, 1.165) is 20.5 Å². The summed E-state index contributed by atoms with van der Waals surface area (Å²) in [6, 6.07) is 19.4. The van der Waals surface area contributed by atoms with Crippen molar-refractivity contribution in [2.24, 2.45) is 0 Å². The van der Waals surface area contributed by atoms with E-state index < -0.39 is 17.7 Å². The average molecular weight is 410 g/mol. The molecule has 0 aliphatic heterocycles. The molecule has 2 aromatic carbocycles. The maximum Gasteiger partial charge on any atom is 0.412 e. The SMILES string of the molecule is COC(=O)/C(NC(=O)OC(C)(C)C)=C(\c1ccccc1)c1cc2ccccc2s1. The van der Waals surface area contributed by atoms with E-state index in [-0.39, 0.29) is 5.70 Å². The van der Waals surface area contributed by atoms with Crippen molar-refractivity contribution in [2.45, 2.75) is 26.4 Å². The number of amides is 1. The molecule has 0 bridgehead atoms. The number of alkyl carbamates (subject to hydrolysis) is 1. The second-order valence-electron chi connectivity index (χ2n) is 7.38. The predicted octanol–water partition coefficient (Wildman–Crippen LogP) is 5.36. The number of rotatable bonds is 4. The van der Waals surface area contributed by atoms with E-state index in [0.29, 0.717) is 5.57 Å². The summed E-state index contributed by atoms with van der Waals surface area (Å²) < 4.78 is 11.4. The predicted molar refractivity (Wildman–Crippen MR) is 116 cm³/mol. The lowest BCUT2D eigenvalue weighted by atomic mass is 10.0. The Morgan fingerprint density at radius 1 is 0.966 bits per heavy atom. The molecule has 0 radical (unpaired) electrons. The molecular weight excluding hydrogens is 386 g/mol. The zero-order valence-corrected chi connectivity index (χ0v) is 17.6. The van der Waals surface area contributed by atoms with Crippen LogP contribution in [0.2, 0.25) is 0 Å². The van der Waals surface area contributed by atoms with Crippen molar-refractivity contribution in [1.82, 2.24) is 5.32 Å². The van der Waals surface area contributed by atoms with Crippen LogP contribution in [0.15, 0.2) is 66.4 Å². The molecule has 0 saturated carbocycles. The van der Waals surface area contributed by atoms with Crippen LogP contribution in [0.3, 0.4) is 0 Å². The van der Waals surface area contributed by atoms with Crippen LogP contribution in [0.5, 0.6) is 0 Å². The van der Waals surface area contributed by atoms with Crippen molar-refractivity contribution in [3.63, 3.8) is 0 Å². The Bertz CT molecular complexity index is 1030. The number of hydrogen-bond donors (Lipinski definition) is 1. The Labute approximate surface area is 174 Å². The van der Waals surface area contributed by atoms with Crippen LogP contribution in [0, 0.1) is 0 Å². The lowest BCUT2D eigenvalue weighted by Crippen LogP contribution is -2.35. The molecule has 150 valence electrons. The van der Waals surface area contributed by atoms with Crippen molar-refractivity contribution >= 4 is 39.1 Å². The van der Waals surface area contributed by atoms with Gasteiger partial charge in [0.1, 0.15) is 11.3 Å². The van der Waals surface area contributed by atoms with Crippen LogP contribution >= 0.6 is 11.3 Å². The van der Waals surface area contributed by atoms with Crippen molar-refractivity contribution in [2.75, 3.05) is 7.11 Å². The molecule has 3 aromatic rings. The van der Waals surface area contributed by atoms with Crippen molar-refractivity contribution in [1.29, 1.82) is 0 Å². The number of fused-ring (bicyclic) bond motifs is 1. The van der Waals surface area contributed by atoms with E-state index in [1.807, 2.05) is 60.7 Å². The van der Waals surface area contributed by atoms with Crippen LogP contribution in [-0.2, 0) is 14.3 Å². The lowest BCUT2D eigenvalue weighted by Gasteiger charge is -2.21. The second kappa shape index (κ2) is 8.49. The van der Waals surface area contributed by atoms with E-state index in [9.17, 15) is 9.59 Å². The molecular formula is C23H23NO4S. The van der Waals surface area contributed by atoms with Gasteiger partial charge in [0.05, 0.1) is 7.11 Å². The molecule has 0 aliphatic carbocycles. The molecule has 1 amide bonds. The van der Waals surface area contributed by atoms with Gasteiger partial charge in [0.15, 0.2) is 0 Å². The molecule has 1 N–H and O–H groups in total. The van der Waals surface area contributed by atoms with E-state index >= 15 is 0 Å². The van der Waals surface area contributed by atoms with Gasteiger partial charge in [-0.15, -0.1) is 11.3 Å². The molecule has 0 atom stereocenters. The second-order valence-corrected chi connectivity index (χ2v) is 8.47. The van der Waals surface area contributed by atoms with Gasteiger partial charge in [-0.3, -0.25) is 5.32 Å². The highest BCUT2D eigenvalue weighted by Crippen LogP contribution is 2.35. The number of esters is 1. The van der Waals surface area contributed by atoms with Gasteiger partial charge in [0.25, 0.3) is 0 Å². The number of carbonyl (C=O) groups excluding carboxylic acids is 2. The summed E-state index contributed by atoms with van der Waals surface area (Å²) in [6.07, 6.45) is -0.715. The first-order valence-corrected chi connectivity index (χ1v) is 9.97. The topological polar surface area (TPSA) is 64.6 Å². The van der Waals surface area contributed by atoms with Gasteiger partial charge in [0.2, 0.25) is 0 Å². The summed E-state index contributed by atoms with van der Waals surface area (Å²) in [7, 11) is 1.28. The zero-order chi connectivity index (χ0) is 21.0. The fourth-order valence-electron chi connectivity index (χ4n) is 2.84. The van der Waals surface area contributed by atoms with Gasteiger partial charge in [-0.05, 0) is 43.9 Å². The Hall–Kier alpha value is -3.12. The van der Waals surface area contributed by atoms with Crippen LogP contribution < -0.4 is 5.32 Å². The Morgan fingerprint density at radius 3 is 2.24 bits per heavy atom. The Kier molecular flexibility index (Phi) is 6.03. The minimum absolute atomic E-state index is 0.0412. The first kappa shape index (κ1) is 20.6. The van der Waals surface area contributed by atoms with Crippen molar-refractivity contribution in [3.05, 3.63) is 76.8 Å². The number of hydrogen-bond acceptors (Lipinski definition) is 5. The number of benzene rings is 2. The third kappa shape index (κ3) is 5.03. The van der Waals surface area contributed by atoms with E-state index in [2.05, 4.69) is 5.32 Å². The Morgan fingerprint density at radius 2 is 1.62 bits per heavy atom. The quantitative estimate of drug-likeness (QED) is 0.465. The summed E-state index contributed by atoms with van der Waals surface area (Å²) in [4.78, 5) is 26.0. The molecule has 0 unspecified atom stereocenters. The summed E-state index contributed by atoms with van der Waals surface area (Å²) in [6.45, 7) is 5.29. The van der Waals surface area contributed by atoms with Gasteiger partial charge in [-0.2, -0.15) is 0 Å². The number of carbonyl (C=O) groups is 2. The molecule has 1 heterocycles. The molecule has 3 rings (SSSR count). The molecule has 1 aromatic heterocycles. The largest absolute Gasteiger partial charge is 0.464 e. The third-order valence-electron chi connectivity index (χ3n) is 4.00. The van der Waals surface area contributed by atoms with Gasteiger partial charge < -0.3 is 9.47 Å². The highest BCUT2D eigenvalue weighted by atomic mass is 32.1. The molecule has 0 aliphatic rings. The van der Waals surface area contributed by atoms with Gasteiger partial charge in [-0.25, -0.2) is 9.59 Å². The monoisotopic (exact) mass is 409 g/mol. The van der Waals surface area contributed by atoms with Crippen LogP contribution in [0.25, 0.3) is 15.7 Å². The van der Waals surface area contributed by atoms with E-state index in [4.69, 9.17) is 9.47 Å².